The molecule has 1 aromatic rings. The van der Waals surface area contributed by atoms with E-state index in [2.05, 4.69) is 15.5 Å². The number of likely N-dealkylation sites (tertiary alicyclic amines) is 1. The van der Waals surface area contributed by atoms with Crippen molar-refractivity contribution >= 4 is 29.9 Å². The minimum Gasteiger partial charge on any atom is -0.340 e. The van der Waals surface area contributed by atoms with Gasteiger partial charge in [0, 0.05) is 51.4 Å². The van der Waals surface area contributed by atoms with E-state index >= 15 is 0 Å². The Hall–Kier alpha value is -1.63. The van der Waals surface area contributed by atoms with Crippen molar-refractivity contribution in [3.8, 4) is 0 Å². The predicted octanol–water partition coefficient (Wildman–Crippen LogP) is 1.58. The summed E-state index contributed by atoms with van der Waals surface area (Å²) in [5.41, 5.74) is 0.846. The maximum atomic E-state index is 12.5. The summed E-state index contributed by atoms with van der Waals surface area (Å²) in [4.78, 5) is 29.0. The third-order valence-corrected chi connectivity index (χ3v) is 5.03. The Labute approximate surface area is 161 Å². The van der Waals surface area contributed by atoms with Gasteiger partial charge in [0.05, 0.1) is 5.92 Å². The largest absolute Gasteiger partial charge is 0.340 e. The van der Waals surface area contributed by atoms with E-state index in [9.17, 15) is 9.59 Å². The van der Waals surface area contributed by atoms with Crippen LogP contribution in [0.1, 0.15) is 19.3 Å². The fraction of sp³-hybridized carbons (Fsp3) is 0.579. The molecule has 0 radical (unpaired) electrons. The number of piperidine rings is 1. The molecule has 0 aliphatic carbocycles. The number of nitrogens with zero attached hydrogens (tertiary/aromatic N) is 2. The van der Waals surface area contributed by atoms with Gasteiger partial charge >= 0.3 is 0 Å². The molecular formula is C19H29ClN4O2. The molecule has 0 bridgehead atoms. The second kappa shape index (κ2) is 10.5. The summed E-state index contributed by atoms with van der Waals surface area (Å²) in [6.45, 7) is 5.85. The molecule has 26 heavy (non-hydrogen) atoms. The van der Waals surface area contributed by atoms with Crippen molar-refractivity contribution in [3.05, 3.63) is 30.3 Å². The zero-order valence-corrected chi connectivity index (χ0v) is 16.0. The number of nitrogens with one attached hydrogen (secondary N) is 2. The molecule has 1 aromatic carbocycles. The van der Waals surface area contributed by atoms with E-state index in [0.717, 1.165) is 64.3 Å². The van der Waals surface area contributed by atoms with Crippen molar-refractivity contribution in [2.24, 2.45) is 5.92 Å². The topological polar surface area (TPSA) is 64.7 Å². The quantitative estimate of drug-likeness (QED) is 0.814. The molecule has 1 unspecified atom stereocenters. The molecular weight excluding hydrogens is 352 g/mol. The lowest BCUT2D eigenvalue weighted by Crippen LogP contribution is -2.47. The van der Waals surface area contributed by atoms with Crippen LogP contribution in [0.3, 0.4) is 0 Å². The highest BCUT2D eigenvalue weighted by atomic mass is 35.5. The third-order valence-electron chi connectivity index (χ3n) is 5.03. The Morgan fingerprint density at radius 1 is 1.12 bits per heavy atom. The minimum atomic E-state index is 0. The highest BCUT2D eigenvalue weighted by Gasteiger charge is 2.26. The van der Waals surface area contributed by atoms with E-state index in [-0.39, 0.29) is 30.1 Å². The van der Waals surface area contributed by atoms with E-state index in [1.807, 2.05) is 35.2 Å². The number of rotatable bonds is 5. The summed E-state index contributed by atoms with van der Waals surface area (Å²) in [6, 6.07) is 9.59. The highest BCUT2D eigenvalue weighted by molar-refractivity contribution is 5.92. The van der Waals surface area contributed by atoms with Crippen molar-refractivity contribution < 1.29 is 9.59 Å². The number of carbonyl (C=O) groups is 2. The van der Waals surface area contributed by atoms with Gasteiger partial charge in [-0.1, -0.05) is 18.2 Å². The van der Waals surface area contributed by atoms with Crippen molar-refractivity contribution in [1.82, 2.24) is 15.1 Å². The molecule has 144 valence electrons. The van der Waals surface area contributed by atoms with Crippen LogP contribution in [0.15, 0.2) is 30.3 Å². The van der Waals surface area contributed by atoms with E-state index in [1.54, 1.807) is 0 Å². The fourth-order valence-electron chi connectivity index (χ4n) is 3.56. The molecule has 2 heterocycles. The Morgan fingerprint density at radius 2 is 1.85 bits per heavy atom. The molecule has 3 rings (SSSR count). The van der Waals surface area contributed by atoms with Gasteiger partial charge in [0.25, 0.3) is 0 Å². The van der Waals surface area contributed by atoms with Gasteiger partial charge in [-0.2, -0.15) is 0 Å². The lowest BCUT2D eigenvalue weighted by molar-refractivity contribution is -0.132. The first-order chi connectivity index (χ1) is 12.2. The van der Waals surface area contributed by atoms with Gasteiger partial charge in [-0.25, -0.2) is 0 Å². The van der Waals surface area contributed by atoms with Crippen LogP contribution >= 0.6 is 12.4 Å². The summed E-state index contributed by atoms with van der Waals surface area (Å²) in [5, 5.41) is 6.27. The molecule has 0 spiro atoms. The number of benzene rings is 1. The number of anilines is 1. The van der Waals surface area contributed by atoms with Gasteiger partial charge < -0.3 is 20.4 Å². The number of piperazine rings is 1. The molecule has 0 saturated carbocycles. The Bertz CT molecular complexity index is 578. The van der Waals surface area contributed by atoms with Gasteiger partial charge in [-0.15, -0.1) is 12.4 Å². The van der Waals surface area contributed by atoms with Gasteiger partial charge in [0.1, 0.15) is 0 Å². The summed E-state index contributed by atoms with van der Waals surface area (Å²) in [6.07, 6.45) is 2.47. The van der Waals surface area contributed by atoms with E-state index < -0.39 is 0 Å². The lowest BCUT2D eigenvalue weighted by Gasteiger charge is -2.33. The van der Waals surface area contributed by atoms with Gasteiger partial charge in [0.15, 0.2) is 0 Å². The second-order valence-corrected chi connectivity index (χ2v) is 6.88. The number of carbonyl (C=O) groups excluding carboxylic acids is 2. The van der Waals surface area contributed by atoms with E-state index in [0.29, 0.717) is 6.42 Å². The maximum Gasteiger partial charge on any atom is 0.228 e. The maximum absolute atomic E-state index is 12.5. The van der Waals surface area contributed by atoms with Crippen LogP contribution in [-0.4, -0.2) is 67.4 Å². The lowest BCUT2D eigenvalue weighted by atomic mass is 9.97. The zero-order chi connectivity index (χ0) is 17.5. The van der Waals surface area contributed by atoms with Crippen LogP contribution in [-0.2, 0) is 9.59 Å². The standard InChI is InChI=1S/C19H28N4O2.ClH/c24-18(23-13-9-20-10-14-23)8-12-22-11-4-5-16(15-22)19(25)21-17-6-2-1-3-7-17;/h1-3,6-7,16,20H,4-5,8-15H2,(H,21,25);1H. The van der Waals surface area contributed by atoms with Gasteiger partial charge in [-0.3, -0.25) is 9.59 Å². The molecule has 6 nitrogen and oxygen atoms in total. The first kappa shape index (κ1) is 20.7. The third kappa shape index (κ3) is 5.97. The molecule has 2 fully saturated rings. The smallest absolute Gasteiger partial charge is 0.228 e. The Kier molecular flexibility index (Phi) is 8.35. The van der Waals surface area contributed by atoms with E-state index in [4.69, 9.17) is 0 Å². The number of amides is 2. The molecule has 1 atom stereocenters. The summed E-state index contributed by atoms with van der Waals surface area (Å²) in [5.74, 6) is 0.324. The van der Waals surface area contributed by atoms with Crippen LogP contribution in [0.2, 0.25) is 0 Å². The second-order valence-electron chi connectivity index (χ2n) is 6.88. The average molecular weight is 381 g/mol. The zero-order valence-electron chi connectivity index (χ0n) is 15.2. The number of hydrogen-bond donors (Lipinski definition) is 2. The predicted molar refractivity (Wildman–Crippen MR) is 106 cm³/mol. The number of halogens is 1. The normalized spacial score (nSPS) is 20.9. The molecule has 2 aliphatic rings. The van der Waals surface area contributed by atoms with Crippen molar-refractivity contribution in [1.29, 1.82) is 0 Å². The fourth-order valence-corrected chi connectivity index (χ4v) is 3.56. The first-order valence-electron chi connectivity index (χ1n) is 9.29. The summed E-state index contributed by atoms with van der Waals surface area (Å²) in [7, 11) is 0. The minimum absolute atomic E-state index is 0. The van der Waals surface area contributed by atoms with Crippen molar-refractivity contribution in [2.75, 3.05) is 51.1 Å². The van der Waals surface area contributed by atoms with Crippen molar-refractivity contribution in [2.45, 2.75) is 19.3 Å². The molecule has 2 N–H and O–H groups in total. The van der Waals surface area contributed by atoms with Gasteiger partial charge in [0.2, 0.25) is 11.8 Å². The van der Waals surface area contributed by atoms with Crippen LogP contribution in [0, 0.1) is 5.92 Å². The summed E-state index contributed by atoms with van der Waals surface area (Å²) < 4.78 is 0. The highest BCUT2D eigenvalue weighted by Crippen LogP contribution is 2.19. The van der Waals surface area contributed by atoms with Gasteiger partial charge in [-0.05, 0) is 31.5 Å². The molecule has 2 amide bonds. The Balaban J connectivity index is 0.00000243. The molecule has 7 heteroatoms. The molecule has 0 aromatic heterocycles. The average Bonchev–Trinajstić information content (AvgIpc) is 2.68. The van der Waals surface area contributed by atoms with E-state index in [1.165, 1.54) is 0 Å². The first-order valence-corrected chi connectivity index (χ1v) is 9.29. The van der Waals surface area contributed by atoms with Crippen LogP contribution < -0.4 is 10.6 Å². The monoisotopic (exact) mass is 380 g/mol. The molecule has 2 aliphatic heterocycles. The summed E-state index contributed by atoms with van der Waals surface area (Å²) >= 11 is 0. The van der Waals surface area contributed by atoms with Crippen molar-refractivity contribution in [3.63, 3.8) is 0 Å². The number of hydrogen-bond acceptors (Lipinski definition) is 4. The van der Waals surface area contributed by atoms with Crippen LogP contribution in [0.5, 0.6) is 0 Å². The Morgan fingerprint density at radius 3 is 2.58 bits per heavy atom. The SMILES string of the molecule is Cl.O=C(Nc1ccccc1)C1CCCN(CCC(=O)N2CCNCC2)C1. The number of para-hydroxylation sites is 1. The van der Waals surface area contributed by atoms with Crippen LogP contribution in [0.4, 0.5) is 5.69 Å². The molecule has 2 saturated heterocycles. The van der Waals surface area contributed by atoms with Crippen LogP contribution in [0.25, 0.3) is 0 Å².